The summed E-state index contributed by atoms with van der Waals surface area (Å²) in [5, 5.41) is 4.53. The van der Waals surface area contributed by atoms with Gasteiger partial charge in [0.2, 0.25) is 0 Å². The Hall–Kier alpha value is -1.23. The highest BCUT2D eigenvalue weighted by atomic mass is 79.9. The molecular formula is C16H19BrN2O. The van der Waals surface area contributed by atoms with Crippen LogP contribution in [0.4, 0.5) is 0 Å². The molecule has 0 radical (unpaired) electrons. The van der Waals surface area contributed by atoms with E-state index in [2.05, 4.69) is 51.0 Å². The number of nitrogens with one attached hydrogen (secondary N) is 1. The minimum atomic E-state index is 0.718. The Kier molecular flexibility index (Phi) is 6.18. The van der Waals surface area contributed by atoms with Gasteiger partial charge in [0.25, 0.3) is 0 Å². The van der Waals surface area contributed by atoms with Crippen molar-refractivity contribution in [2.24, 2.45) is 0 Å². The van der Waals surface area contributed by atoms with Crippen molar-refractivity contribution in [2.75, 3.05) is 19.8 Å². The van der Waals surface area contributed by atoms with Gasteiger partial charge in [0.15, 0.2) is 0 Å². The van der Waals surface area contributed by atoms with Crippen LogP contribution in [0.1, 0.15) is 12.0 Å². The highest BCUT2D eigenvalue weighted by Gasteiger charge is 2.04. The lowest BCUT2D eigenvalue weighted by Crippen LogP contribution is -2.19. The maximum atomic E-state index is 5.46. The molecule has 2 aromatic rings. The van der Waals surface area contributed by atoms with E-state index in [9.17, 15) is 0 Å². The molecule has 1 heterocycles. The largest absolute Gasteiger partial charge is 0.380 e. The number of nitrogens with zero attached hydrogens (tertiary/aromatic N) is 1. The summed E-state index contributed by atoms with van der Waals surface area (Å²) in [6.45, 7) is 6.76. The van der Waals surface area contributed by atoms with E-state index in [0.717, 1.165) is 48.1 Å². The van der Waals surface area contributed by atoms with E-state index in [-0.39, 0.29) is 0 Å². The number of hydrogen-bond acceptors (Lipinski definition) is 3. The number of hydrogen-bond donors (Lipinski definition) is 1. The number of pyridine rings is 1. The monoisotopic (exact) mass is 334 g/mol. The molecule has 0 unspecified atom stereocenters. The van der Waals surface area contributed by atoms with Crippen molar-refractivity contribution in [3.05, 3.63) is 53.2 Å². The molecule has 0 aliphatic carbocycles. The first-order valence-corrected chi connectivity index (χ1v) is 7.53. The van der Waals surface area contributed by atoms with Crippen LogP contribution in [-0.2, 0) is 11.3 Å². The first-order chi connectivity index (χ1) is 9.83. The highest BCUT2D eigenvalue weighted by Crippen LogP contribution is 2.24. The highest BCUT2D eigenvalue weighted by molar-refractivity contribution is 9.10. The second-order valence-electron chi connectivity index (χ2n) is 4.47. The van der Waals surface area contributed by atoms with E-state index in [1.807, 2.05) is 18.3 Å². The third-order valence-corrected chi connectivity index (χ3v) is 3.70. The summed E-state index contributed by atoms with van der Waals surface area (Å²) in [5.74, 6) is 0. The van der Waals surface area contributed by atoms with Gasteiger partial charge < -0.3 is 10.1 Å². The SMILES string of the molecule is C=CCCOCCNCc1ccc(Br)c2cccnc12. The lowest BCUT2D eigenvalue weighted by Gasteiger charge is -2.09. The van der Waals surface area contributed by atoms with Crippen molar-refractivity contribution < 1.29 is 4.74 Å². The Labute approximate surface area is 128 Å². The Morgan fingerprint density at radius 2 is 2.20 bits per heavy atom. The van der Waals surface area contributed by atoms with E-state index in [4.69, 9.17) is 4.74 Å². The zero-order valence-corrected chi connectivity index (χ0v) is 13.0. The summed E-state index contributed by atoms with van der Waals surface area (Å²) < 4.78 is 6.54. The summed E-state index contributed by atoms with van der Waals surface area (Å²) in [4.78, 5) is 4.47. The van der Waals surface area contributed by atoms with E-state index < -0.39 is 0 Å². The Balaban J connectivity index is 1.87. The van der Waals surface area contributed by atoms with E-state index in [1.165, 1.54) is 5.56 Å². The summed E-state index contributed by atoms with van der Waals surface area (Å²) in [6.07, 6.45) is 4.60. The lowest BCUT2D eigenvalue weighted by atomic mass is 10.1. The molecule has 0 spiro atoms. The second-order valence-corrected chi connectivity index (χ2v) is 5.33. The molecule has 0 amide bonds. The molecule has 0 bridgehead atoms. The van der Waals surface area contributed by atoms with Crippen LogP contribution in [-0.4, -0.2) is 24.7 Å². The van der Waals surface area contributed by atoms with Crippen molar-refractivity contribution in [3.8, 4) is 0 Å². The Morgan fingerprint density at radius 3 is 3.05 bits per heavy atom. The van der Waals surface area contributed by atoms with E-state index in [1.54, 1.807) is 0 Å². The molecule has 1 aromatic heterocycles. The van der Waals surface area contributed by atoms with Gasteiger partial charge in [0, 0.05) is 29.1 Å². The smallest absolute Gasteiger partial charge is 0.0758 e. The molecule has 1 N–H and O–H groups in total. The van der Waals surface area contributed by atoms with Gasteiger partial charge in [-0.05, 0) is 24.1 Å². The van der Waals surface area contributed by atoms with Gasteiger partial charge in [-0.25, -0.2) is 0 Å². The van der Waals surface area contributed by atoms with Gasteiger partial charge in [-0.2, -0.15) is 0 Å². The number of benzene rings is 1. The Bertz CT molecular complexity index is 571. The topological polar surface area (TPSA) is 34.1 Å². The van der Waals surface area contributed by atoms with Crippen LogP contribution < -0.4 is 5.32 Å². The average Bonchev–Trinajstić information content (AvgIpc) is 2.49. The van der Waals surface area contributed by atoms with Crippen molar-refractivity contribution in [1.29, 1.82) is 0 Å². The summed E-state index contributed by atoms with van der Waals surface area (Å²) in [7, 11) is 0. The summed E-state index contributed by atoms with van der Waals surface area (Å²) >= 11 is 3.56. The summed E-state index contributed by atoms with van der Waals surface area (Å²) in [5.41, 5.74) is 2.25. The lowest BCUT2D eigenvalue weighted by molar-refractivity contribution is 0.140. The van der Waals surface area contributed by atoms with Crippen LogP contribution in [0.2, 0.25) is 0 Å². The number of ether oxygens (including phenoxy) is 1. The van der Waals surface area contributed by atoms with Crippen LogP contribution in [0.25, 0.3) is 10.9 Å². The average molecular weight is 335 g/mol. The molecule has 4 heteroatoms. The molecular weight excluding hydrogens is 316 g/mol. The van der Waals surface area contributed by atoms with E-state index >= 15 is 0 Å². The molecule has 0 fully saturated rings. The van der Waals surface area contributed by atoms with Gasteiger partial charge in [-0.1, -0.05) is 34.1 Å². The minimum Gasteiger partial charge on any atom is -0.380 e. The fourth-order valence-corrected chi connectivity index (χ4v) is 2.43. The van der Waals surface area contributed by atoms with Crippen molar-refractivity contribution >= 4 is 26.8 Å². The first kappa shape index (κ1) is 15.2. The zero-order valence-electron chi connectivity index (χ0n) is 11.4. The maximum absolute atomic E-state index is 5.46. The minimum absolute atomic E-state index is 0.718. The number of halogens is 1. The van der Waals surface area contributed by atoms with Crippen molar-refractivity contribution in [1.82, 2.24) is 10.3 Å². The normalized spacial score (nSPS) is 10.8. The molecule has 0 aliphatic rings. The quantitative estimate of drug-likeness (QED) is 0.590. The van der Waals surface area contributed by atoms with E-state index in [0.29, 0.717) is 0 Å². The van der Waals surface area contributed by atoms with Crippen molar-refractivity contribution in [2.45, 2.75) is 13.0 Å². The number of aromatic nitrogens is 1. The van der Waals surface area contributed by atoms with Gasteiger partial charge in [-0.3, -0.25) is 4.98 Å². The molecule has 2 rings (SSSR count). The maximum Gasteiger partial charge on any atom is 0.0758 e. The Morgan fingerprint density at radius 1 is 1.30 bits per heavy atom. The molecule has 0 saturated carbocycles. The third-order valence-electron chi connectivity index (χ3n) is 3.00. The van der Waals surface area contributed by atoms with Gasteiger partial charge in [0.05, 0.1) is 18.7 Å². The van der Waals surface area contributed by atoms with Crippen LogP contribution in [0.3, 0.4) is 0 Å². The zero-order chi connectivity index (χ0) is 14.2. The van der Waals surface area contributed by atoms with Crippen LogP contribution >= 0.6 is 15.9 Å². The van der Waals surface area contributed by atoms with Crippen molar-refractivity contribution in [3.63, 3.8) is 0 Å². The fourth-order valence-electron chi connectivity index (χ4n) is 1.98. The standard InChI is InChI=1S/C16H19BrN2O/c1-2-3-10-20-11-9-18-12-13-6-7-15(17)14-5-4-8-19-16(13)14/h2,4-8,18H,1,3,9-12H2. The molecule has 0 atom stereocenters. The number of fused-ring (bicyclic) bond motifs is 1. The fraction of sp³-hybridized carbons (Fsp3) is 0.312. The predicted molar refractivity (Wildman–Crippen MR) is 86.8 cm³/mol. The van der Waals surface area contributed by atoms with Gasteiger partial charge >= 0.3 is 0 Å². The van der Waals surface area contributed by atoms with Crippen LogP contribution in [0.15, 0.2) is 47.6 Å². The van der Waals surface area contributed by atoms with Gasteiger partial charge in [-0.15, -0.1) is 6.58 Å². The number of rotatable bonds is 8. The second kappa shape index (κ2) is 8.15. The molecule has 0 saturated heterocycles. The summed E-state index contributed by atoms with van der Waals surface area (Å²) in [6, 6.07) is 8.21. The predicted octanol–water partition coefficient (Wildman–Crippen LogP) is 3.68. The molecule has 106 valence electrons. The molecule has 0 aliphatic heterocycles. The van der Waals surface area contributed by atoms with Crippen LogP contribution in [0, 0.1) is 0 Å². The molecule has 1 aromatic carbocycles. The molecule has 20 heavy (non-hydrogen) atoms. The van der Waals surface area contributed by atoms with Crippen LogP contribution in [0.5, 0.6) is 0 Å². The molecule has 3 nitrogen and oxygen atoms in total. The van der Waals surface area contributed by atoms with Gasteiger partial charge in [0.1, 0.15) is 0 Å². The third kappa shape index (κ3) is 4.13. The first-order valence-electron chi connectivity index (χ1n) is 6.74.